The lowest BCUT2D eigenvalue weighted by molar-refractivity contribution is -0.118. The van der Waals surface area contributed by atoms with E-state index in [9.17, 15) is 4.79 Å². The Morgan fingerprint density at radius 2 is 2.04 bits per heavy atom. The van der Waals surface area contributed by atoms with Crippen LogP contribution in [0.5, 0.6) is 0 Å². The molecular weight excluding hydrogens is 348 g/mol. The Bertz CT molecular complexity index is 934. The molecule has 0 aliphatic carbocycles. The van der Waals surface area contributed by atoms with E-state index in [2.05, 4.69) is 32.3 Å². The Morgan fingerprint density at radius 1 is 1.19 bits per heavy atom. The van der Waals surface area contributed by atoms with E-state index in [0.29, 0.717) is 25.6 Å². The van der Waals surface area contributed by atoms with Crippen LogP contribution in [0.15, 0.2) is 36.7 Å². The molecule has 3 heterocycles. The van der Waals surface area contributed by atoms with Crippen LogP contribution in [-0.4, -0.2) is 53.6 Å². The molecular formula is C19H20N4O2S. The summed E-state index contributed by atoms with van der Waals surface area (Å²) in [6, 6.07) is 8.16. The van der Waals surface area contributed by atoms with Crippen molar-refractivity contribution in [2.24, 2.45) is 0 Å². The van der Waals surface area contributed by atoms with Crippen LogP contribution in [0.3, 0.4) is 0 Å². The summed E-state index contributed by atoms with van der Waals surface area (Å²) < 4.78 is 5.31. The van der Waals surface area contributed by atoms with Gasteiger partial charge >= 0.3 is 0 Å². The van der Waals surface area contributed by atoms with Crippen molar-refractivity contribution >= 4 is 33.8 Å². The Hall–Kier alpha value is -2.35. The van der Waals surface area contributed by atoms with Crippen LogP contribution in [0.1, 0.15) is 5.01 Å². The number of amides is 1. The molecule has 0 atom stereocenters. The van der Waals surface area contributed by atoms with Crippen molar-refractivity contribution < 1.29 is 9.53 Å². The van der Waals surface area contributed by atoms with E-state index in [-0.39, 0.29) is 5.91 Å². The molecule has 1 N–H and O–H groups in total. The van der Waals surface area contributed by atoms with E-state index in [1.807, 2.05) is 25.3 Å². The number of benzene rings is 1. The quantitative estimate of drug-likeness (QED) is 0.767. The van der Waals surface area contributed by atoms with Crippen LogP contribution in [0, 0.1) is 6.92 Å². The molecule has 1 aromatic carbocycles. The summed E-state index contributed by atoms with van der Waals surface area (Å²) in [5, 5.41) is 6.04. The molecule has 4 rings (SSSR count). The molecule has 134 valence electrons. The maximum atomic E-state index is 12.3. The highest BCUT2D eigenvalue weighted by Gasteiger charge is 2.14. The zero-order valence-electron chi connectivity index (χ0n) is 14.6. The molecule has 6 nitrogen and oxygen atoms in total. The number of thiazole rings is 1. The highest BCUT2D eigenvalue weighted by molar-refractivity contribution is 7.15. The SMILES string of the molecule is Cc1ncc(-c2ccc3cnc(NC(=O)CN4CCOCC4)cc3c2)s1. The summed E-state index contributed by atoms with van der Waals surface area (Å²) >= 11 is 1.67. The predicted molar refractivity (Wildman–Crippen MR) is 103 cm³/mol. The Labute approximate surface area is 155 Å². The van der Waals surface area contributed by atoms with E-state index in [1.54, 1.807) is 17.5 Å². The van der Waals surface area contributed by atoms with Crippen LogP contribution < -0.4 is 5.32 Å². The zero-order valence-corrected chi connectivity index (χ0v) is 15.4. The minimum Gasteiger partial charge on any atom is -0.379 e. The molecule has 1 aliphatic heterocycles. The molecule has 3 aromatic rings. The lowest BCUT2D eigenvalue weighted by Crippen LogP contribution is -2.41. The van der Waals surface area contributed by atoms with Gasteiger partial charge in [-0.15, -0.1) is 11.3 Å². The first-order chi connectivity index (χ1) is 12.7. The number of carbonyl (C=O) groups excluding carboxylic acids is 1. The van der Waals surface area contributed by atoms with Gasteiger partial charge < -0.3 is 10.1 Å². The van der Waals surface area contributed by atoms with Gasteiger partial charge in [-0.05, 0) is 30.0 Å². The molecule has 0 radical (unpaired) electrons. The van der Waals surface area contributed by atoms with E-state index in [4.69, 9.17) is 4.74 Å². The van der Waals surface area contributed by atoms with E-state index >= 15 is 0 Å². The number of carbonyl (C=O) groups is 1. The molecule has 0 spiro atoms. The number of anilines is 1. The monoisotopic (exact) mass is 368 g/mol. The van der Waals surface area contributed by atoms with E-state index in [1.165, 1.54) is 0 Å². The fraction of sp³-hybridized carbons (Fsp3) is 0.316. The summed E-state index contributed by atoms with van der Waals surface area (Å²) in [5.41, 5.74) is 1.12. The summed E-state index contributed by atoms with van der Waals surface area (Å²) in [5.74, 6) is 0.529. The van der Waals surface area contributed by atoms with Gasteiger partial charge in [0, 0.05) is 30.9 Å². The smallest absolute Gasteiger partial charge is 0.239 e. The van der Waals surface area contributed by atoms with Crippen molar-refractivity contribution in [2.75, 3.05) is 38.2 Å². The van der Waals surface area contributed by atoms with Crippen molar-refractivity contribution in [1.29, 1.82) is 0 Å². The van der Waals surface area contributed by atoms with Crippen molar-refractivity contribution in [1.82, 2.24) is 14.9 Å². The summed E-state index contributed by atoms with van der Waals surface area (Å²) in [7, 11) is 0. The molecule has 1 amide bonds. The van der Waals surface area contributed by atoms with Gasteiger partial charge in [-0.1, -0.05) is 12.1 Å². The fourth-order valence-corrected chi connectivity index (χ4v) is 3.78. The molecule has 1 fully saturated rings. The molecule has 2 aromatic heterocycles. The van der Waals surface area contributed by atoms with Crippen LogP contribution in [0.4, 0.5) is 5.82 Å². The standard InChI is InChI=1S/C19H20N4O2S/c1-13-20-11-17(26-13)14-2-3-15-10-21-18(9-16(15)8-14)22-19(24)12-23-4-6-25-7-5-23/h2-3,8-11H,4-7,12H2,1H3,(H,21,22,24). The average Bonchev–Trinajstić information content (AvgIpc) is 3.08. The first kappa shape index (κ1) is 17.1. The lowest BCUT2D eigenvalue weighted by atomic mass is 10.1. The third kappa shape index (κ3) is 3.90. The second-order valence-corrected chi connectivity index (χ2v) is 7.55. The van der Waals surface area contributed by atoms with Gasteiger partial charge in [0.2, 0.25) is 5.91 Å². The van der Waals surface area contributed by atoms with Gasteiger partial charge in [-0.3, -0.25) is 9.69 Å². The number of aromatic nitrogens is 2. The van der Waals surface area contributed by atoms with Crippen LogP contribution >= 0.6 is 11.3 Å². The molecule has 1 aliphatic rings. The van der Waals surface area contributed by atoms with Crippen LogP contribution in [-0.2, 0) is 9.53 Å². The van der Waals surface area contributed by atoms with Gasteiger partial charge in [0.15, 0.2) is 0 Å². The second-order valence-electron chi connectivity index (χ2n) is 6.31. The minimum absolute atomic E-state index is 0.0482. The summed E-state index contributed by atoms with van der Waals surface area (Å²) in [4.78, 5) is 24.2. The normalized spacial score (nSPS) is 15.3. The van der Waals surface area contributed by atoms with Crippen molar-refractivity contribution in [3.63, 3.8) is 0 Å². The zero-order chi connectivity index (χ0) is 17.9. The number of nitrogens with one attached hydrogen (secondary N) is 1. The Kier molecular flexibility index (Phi) is 4.92. The van der Waals surface area contributed by atoms with Gasteiger partial charge in [-0.2, -0.15) is 0 Å². The molecule has 7 heteroatoms. The van der Waals surface area contributed by atoms with Crippen molar-refractivity contribution in [2.45, 2.75) is 6.92 Å². The number of hydrogen-bond acceptors (Lipinski definition) is 6. The lowest BCUT2D eigenvalue weighted by Gasteiger charge is -2.25. The van der Waals surface area contributed by atoms with Crippen molar-refractivity contribution in [3.8, 4) is 10.4 Å². The number of ether oxygens (including phenoxy) is 1. The number of morpholine rings is 1. The van der Waals surface area contributed by atoms with E-state index < -0.39 is 0 Å². The number of nitrogens with zero attached hydrogens (tertiary/aromatic N) is 3. The fourth-order valence-electron chi connectivity index (χ4n) is 3.00. The maximum absolute atomic E-state index is 12.3. The summed E-state index contributed by atoms with van der Waals surface area (Å²) in [6.07, 6.45) is 3.69. The number of fused-ring (bicyclic) bond motifs is 1. The Balaban J connectivity index is 1.51. The van der Waals surface area contributed by atoms with Crippen LogP contribution in [0.25, 0.3) is 21.2 Å². The largest absolute Gasteiger partial charge is 0.379 e. The second kappa shape index (κ2) is 7.49. The van der Waals surface area contributed by atoms with Crippen LogP contribution in [0.2, 0.25) is 0 Å². The minimum atomic E-state index is -0.0482. The van der Waals surface area contributed by atoms with Crippen molar-refractivity contribution in [3.05, 3.63) is 41.7 Å². The third-order valence-electron chi connectivity index (χ3n) is 4.37. The molecule has 26 heavy (non-hydrogen) atoms. The first-order valence-electron chi connectivity index (χ1n) is 8.60. The third-order valence-corrected chi connectivity index (χ3v) is 5.33. The first-order valence-corrected chi connectivity index (χ1v) is 9.41. The molecule has 0 bridgehead atoms. The summed E-state index contributed by atoms with van der Waals surface area (Å²) in [6.45, 7) is 5.31. The number of rotatable bonds is 4. The Morgan fingerprint density at radius 3 is 2.81 bits per heavy atom. The number of pyridine rings is 1. The van der Waals surface area contributed by atoms with Gasteiger partial charge in [0.1, 0.15) is 5.82 Å². The molecule has 1 saturated heterocycles. The van der Waals surface area contributed by atoms with E-state index in [0.717, 1.165) is 39.3 Å². The maximum Gasteiger partial charge on any atom is 0.239 e. The topological polar surface area (TPSA) is 67.4 Å². The highest BCUT2D eigenvalue weighted by Crippen LogP contribution is 2.29. The van der Waals surface area contributed by atoms with Gasteiger partial charge in [0.05, 0.1) is 29.6 Å². The number of hydrogen-bond donors (Lipinski definition) is 1. The average molecular weight is 368 g/mol. The number of aryl methyl sites for hydroxylation is 1. The van der Waals surface area contributed by atoms with Gasteiger partial charge in [0.25, 0.3) is 0 Å². The predicted octanol–water partition coefficient (Wildman–Crippen LogP) is 2.94. The molecule has 0 saturated carbocycles. The van der Waals surface area contributed by atoms with Gasteiger partial charge in [-0.25, -0.2) is 9.97 Å². The highest BCUT2D eigenvalue weighted by atomic mass is 32.1. The molecule has 0 unspecified atom stereocenters.